The second kappa shape index (κ2) is 8.20. The number of aryl methyl sites for hydroxylation is 1. The Hall–Kier alpha value is -0.940. The van der Waals surface area contributed by atoms with Gasteiger partial charge in [-0.3, -0.25) is 4.68 Å². The Morgan fingerprint density at radius 1 is 1.29 bits per heavy atom. The largest absolute Gasteiger partial charge is 0.330 e. The normalized spacial score (nSPS) is 11.3. The van der Waals surface area contributed by atoms with E-state index in [0.717, 1.165) is 57.7 Å². The highest BCUT2D eigenvalue weighted by molar-refractivity contribution is 4.92. The zero-order chi connectivity index (χ0) is 12.5. The van der Waals surface area contributed by atoms with Crippen LogP contribution in [-0.2, 0) is 13.0 Å². The van der Waals surface area contributed by atoms with Gasteiger partial charge in [0.2, 0.25) is 0 Å². The van der Waals surface area contributed by atoms with Crippen molar-refractivity contribution in [3.63, 3.8) is 0 Å². The number of hydrogen-bond acceptors (Lipinski definition) is 4. The maximum atomic E-state index is 5.46. The topological polar surface area (TPSA) is 60.0 Å². The molecule has 0 saturated carbocycles. The van der Waals surface area contributed by atoms with Crippen molar-refractivity contribution in [2.24, 2.45) is 5.73 Å². The molecule has 0 spiro atoms. The van der Waals surface area contributed by atoms with Crippen LogP contribution in [0, 0.1) is 0 Å². The summed E-state index contributed by atoms with van der Waals surface area (Å²) >= 11 is 0. The maximum absolute atomic E-state index is 5.46. The second-order valence-electron chi connectivity index (χ2n) is 4.25. The molecule has 0 fully saturated rings. The standard InChI is InChI=1S/C12H25N5/c1-3-16(4-2)9-10-17-11-12(14-15-17)7-5-6-8-13/h11H,3-10,13H2,1-2H3. The molecule has 2 N–H and O–H groups in total. The molecule has 0 amide bonds. The van der Waals surface area contributed by atoms with Crippen molar-refractivity contribution in [2.45, 2.75) is 39.7 Å². The summed E-state index contributed by atoms with van der Waals surface area (Å²) in [4.78, 5) is 2.38. The minimum Gasteiger partial charge on any atom is -0.330 e. The summed E-state index contributed by atoms with van der Waals surface area (Å²) < 4.78 is 1.94. The van der Waals surface area contributed by atoms with E-state index in [1.165, 1.54) is 0 Å². The number of nitrogens with two attached hydrogens (primary N) is 1. The Labute approximate surface area is 104 Å². The van der Waals surface area contributed by atoms with Gasteiger partial charge >= 0.3 is 0 Å². The van der Waals surface area contributed by atoms with Crippen molar-refractivity contribution in [3.8, 4) is 0 Å². The van der Waals surface area contributed by atoms with E-state index < -0.39 is 0 Å². The Morgan fingerprint density at radius 2 is 2.06 bits per heavy atom. The molecule has 1 rings (SSSR count). The molecule has 0 aliphatic carbocycles. The first-order valence-electron chi connectivity index (χ1n) is 6.61. The molecule has 0 aromatic carbocycles. The van der Waals surface area contributed by atoms with Gasteiger partial charge in [0.1, 0.15) is 0 Å². The maximum Gasteiger partial charge on any atom is 0.0827 e. The van der Waals surface area contributed by atoms with Crippen molar-refractivity contribution in [1.29, 1.82) is 0 Å². The third-order valence-corrected chi connectivity index (χ3v) is 3.01. The van der Waals surface area contributed by atoms with Gasteiger partial charge in [0.15, 0.2) is 0 Å². The number of rotatable bonds is 9. The molecular weight excluding hydrogens is 214 g/mol. The quantitative estimate of drug-likeness (QED) is 0.650. The van der Waals surface area contributed by atoms with E-state index >= 15 is 0 Å². The predicted molar refractivity (Wildman–Crippen MR) is 69.8 cm³/mol. The van der Waals surface area contributed by atoms with E-state index in [1.54, 1.807) is 0 Å². The lowest BCUT2D eigenvalue weighted by molar-refractivity contribution is 0.284. The summed E-state index contributed by atoms with van der Waals surface area (Å²) in [6.45, 7) is 9.27. The first kappa shape index (κ1) is 14.1. The van der Waals surface area contributed by atoms with Gasteiger partial charge in [-0.2, -0.15) is 0 Å². The van der Waals surface area contributed by atoms with Crippen molar-refractivity contribution in [2.75, 3.05) is 26.2 Å². The molecule has 1 aromatic rings. The van der Waals surface area contributed by atoms with Crippen LogP contribution in [0.15, 0.2) is 6.20 Å². The first-order valence-corrected chi connectivity index (χ1v) is 6.61. The molecular formula is C12H25N5. The smallest absolute Gasteiger partial charge is 0.0827 e. The van der Waals surface area contributed by atoms with Crippen LogP contribution in [0.2, 0.25) is 0 Å². The molecule has 5 nitrogen and oxygen atoms in total. The van der Waals surface area contributed by atoms with Crippen molar-refractivity contribution in [1.82, 2.24) is 19.9 Å². The summed E-state index contributed by atoms with van der Waals surface area (Å²) in [6, 6.07) is 0. The van der Waals surface area contributed by atoms with Crippen LogP contribution in [0.4, 0.5) is 0 Å². The second-order valence-corrected chi connectivity index (χ2v) is 4.25. The fourth-order valence-electron chi connectivity index (χ4n) is 1.80. The van der Waals surface area contributed by atoms with E-state index in [0.29, 0.717) is 0 Å². The van der Waals surface area contributed by atoms with Gasteiger partial charge in [-0.25, -0.2) is 0 Å². The summed E-state index contributed by atoms with van der Waals surface area (Å²) in [6.07, 6.45) is 5.21. The molecule has 0 unspecified atom stereocenters. The van der Waals surface area contributed by atoms with Crippen LogP contribution in [-0.4, -0.2) is 46.1 Å². The molecule has 1 aromatic heterocycles. The highest BCUT2D eigenvalue weighted by Crippen LogP contribution is 2.00. The fourth-order valence-corrected chi connectivity index (χ4v) is 1.80. The van der Waals surface area contributed by atoms with Gasteiger partial charge < -0.3 is 10.6 Å². The summed E-state index contributed by atoms with van der Waals surface area (Å²) in [7, 11) is 0. The lowest BCUT2D eigenvalue weighted by atomic mass is 10.2. The average Bonchev–Trinajstić information content (AvgIpc) is 2.79. The zero-order valence-corrected chi connectivity index (χ0v) is 11.1. The summed E-state index contributed by atoms with van der Waals surface area (Å²) in [5, 5.41) is 8.32. The van der Waals surface area contributed by atoms with Gasteiger partial charge in [-0.1, -0.05) is 19.1 Å². The molecule has 98 valence electrons. The minimum absolute atomic E-state index is 0.760. The highest BCUT2D eigenvalue weighted by atomic mass is 15.4. The van der Waals surface area contributed by atoms with E-state index in [2.05, 4.69) is 35.3 Å². The Kier molecular flexibility index (Phi) is 6.81. The Morgan fingerprint density at radius 3 is 2.71 bits per heavy atom. The SMILES string of the molecule is CCN(CC)CCn1cc(CCCCN)nn1. The molecule has 1 heterocycles. The molecule has 17 heavy (non-hydrogen) atoms. The number of hydrogen-bond donors (Lipinski definition) is 1. The molecule has 0 aliphatic rings. The highest BCUT2D eigenvalue weighted by Gasteiger charge is 2.03. The van der Waals surface area contributed by atoms with Crippen LogP contribution in [0.1, 0.15) is 32.4 Å². The average molecular weight is 239 g/mol. The van der Waals surface area contributed by atoms with Gasteiger partial charge in [0.25, 0.3) is 0 Å². The van der Waals surface area contributed by atoms with Gasteiger partial charge in [-0.15, -0.1) is 5.10 Å². The number of unbranched alkanes of at least 4 members (excludes halogenated alkanes) is 1. The predicted octanol–water partition coefficient (Wildman–Crippen LogP) is 0.901. The van der Waals surface area contributed by atoms with E-state index in [9.17, 15) is 0 Å². The third-order valence-electron chi connectivity index (χ3n) is 3.01. The van der Waals surface area contributed by atoms with Crippen LogP contribution in [0.3, 0.4) is 0 Å². The molecule has 0 bridgehead atoms. The summed E-state index contributed by atoms with van der Waals surface area (Å²) in [5.74, 6) is 0. The monoisotopic (exact) mass is 239 g/mol. The zero-order valence-electron chi connectivity index (χ0n) is 11.1. The molecule has 5 heteroatoms. The van der Waals surface area contributed by atoms with Crippen LogP contribution < -0.4 is 5.73 Å². The Balaban J connectivity index is 2.30. The van der Waals surface area contributed by atoms with E-state index in [4.69, 9.17) is 5.73 Å². The van der Waals surface area contributed by atoms with E-state index in [1.807, 2.05) is 4.68 Å². The Bertz CT molecular complexity index is 293. The molecule has 0 aliphatic heterocycles. The van der Waals surface area contributed by atoms with Crippen molar-refractivity contribution in [3.05, 3.63) is 11.9 Å². The lowest BCUT2D eigenvalue weighted by Gasteiger charge is -2.17. The van der Waals surface area contributed by atoms with Crippen molar-refractivity contribution < 1.29 is 0 Å². The van der Waals surface area contributed by atoms with Crippen LogP contribution in [0.5, 0.6) is 0 Å². The van der Waals surface area contributed by atoms with Crippen molar-refractivity contribution >= 4 is 0 Å². The summed E-state index contributed by atoms with van der Waals surface area (Å²) in [5.41, 5.74) is 6.54. The lowest BCUT2D eigenvalue weighted by Crippen LogP contribution is -2.27. The number of nitrogens with zero attached hydrogens (tertiary/aromatic N) is 4. The first-order chi connectivity index (χ1) is 8.30. The minimum atomic E-state index is 0.760. The number of aromatic nitrogens is 3. The van der Waals surface area contributed by atoms with Gasteiger partial charge in [-0.05, 0) is 38.9 Å². The van der Waals surface area contributed by atoms with Crippen LogP contribution >= 0.6 is 0 Å². The molecule has 0 saturated heterocycles. The molecule has 0 radical (unpaired) electrons. The third kappa shape index (κ3) is 5.28. The number of likely N-dealkylation sites (N-methyl/N-ethyl adjacent to an activating group) is 1. The van der Waals surface area contributed by atoms with Gasteiger partial charge in [0.05, 0.1) is 12.2 Å². The fraction of sp³-hybridized carbons (Fsp3) is 0.833. The van der Waals surface area contributed by atoms with Crippen LogP contribution in [0.25, 0.3) is 0 Å². The molecule has 0 atom stereocenters. The van der Waals surface area contributed by atoms with E-state index in [-0.39, 0.29) is 0 Å². The van der Waals surface area contributed by atoms with Gasteiger partial charge in [0, 0.05) is 12.7 Å².